The van der Waals surface area contributed by atoms with Crippen LogP contribution in [0.4, 0.5) is 4.39 Å². The van der Waals surface area contributed by atoms with Gasteiger partial charge in [0.05, 0.1) is 6.61 Å². The number of hydrogen-bond acceptors (Lipinski definition) is 2. The van der Waals surface area contributed by atoms with Gasteiger partial charge in [0.15, 0.2) is 0 Å². The molecule has 0 aromatic heterocycles. The largest absolute Gasteiger partial charge is 0.494 e. The van der Waals surface area contributed by atoms with Gasteiger partial charge >= 0.3 is 0 Å². The summed E-state index contributed by atoms with van der Waals surface area (Å²) >= 11 is 0. The molecule has 20 heavy (non-hydrogen) atoms. The SMILES string of the molecule is CCOc1ccccc1CN[C@@H](C)c1ccc(F)cc1. The molecule has 1 atom stereocenters. The molecule has 1 N–H and O–H groups in total. The quantitative estimate of drug-likeness (QED) is 0.856. The molecule has 0 saturated heterocycles. The average molecular weight is 273 g/mol. The topological polar surface area (TPSA) is 21.3 Å². The Balaban J connectivity index is 1.99. The Labute approximate surface area is 119 Å². The van der Waals surface area contributed by atoms with Gasteiger partial charge in [0, 0.05) is 18.2 Å². The molecule has 0 aliphatic rings. The van der Waals surface area contributed by atoms with E-state index in [0.717, 1.165) is 16.9 Å². The summed E-state index contributed by atoms with van der Waals surface area (Å²) in [5.74, 6) is 0.705. The van der Waals surface area contributed by atoms with Crippen LogP contribution >= 0.6 is 0 Å². The van der Waals surface area contributed by atoms with Gasteiger partial charge in [-0.2, -0.15) is 0 Å². The van der Waals surface area contributed by atoms with E-state index < -0.39 is 0 Å². The van der Waals surface area contributed by atoms with E-state index in [0.29, 0.717) is 13.2 Å². The number of halogens is 1. The van der Waals surface area contributed by atoms with Gasteiger partial charge in [-0.3, -0.25) is 0 Å². The number of rotatable bonds is 6. The molecule has 2 nitrogen and oxygen atoms in total. The Morgan fingerprint density at radius 3 is 2.50 bits per heavy atom. The molecule has 0 aliphatic heterocycles. The molecule has 0 spiro atoms. The highest BCUT2D eigenvalue weighted by molar-refractivity contribution is 5.33. The highest BCUT2D eigenvalue weighted by Crippen LogP contribution is 2.19. The number of nitrogens with one attached hydrogen (secondary N) is 1. The molecule has 106 valence electrons. The molecular weight excluding hydrogens is 253 g/mol. The Hall–Kier alpha value is -1.87. The average Bonchev–Trinajstić information content (AvgIpc) is 2.47. The summed E-state index contributed by atoms with van der Waals surface area (Å²) < 4.78 is 18.5. The fourth-order valence-electron chi connectivity index (χ4n) is 2.08. The van der Waals surface area contributed by atoms with E-state index in [4.69, 9.17) is 4.74 Å². The summed E-state index contributed by atoms with van der Waals surface area (Å²) in [5.41, 5.74) is 2.20. The van der Waals surface area contributed by atoms with Crippen LogP contribution in [0.5, 0.6) is 5.75 Å². The second-order valence-corrected chi connectivity index (χ2v) is 4.69. The van der Waals surface area contributed by atoms with Crippen molar-refractivity contribution in [2.45, 2.75) is 26.4 Å². The van der Waals surface area contributed by atoms with Crippen molar-refractivity contribution in [1.29, 1.82) is 0 Å². The summed E-state index contributed by atoms with van der Waals surface area (Å²) in [7, 11) is 0. The van der Waals surface area contributed by atoms with Crippen molar-refractivity contribution in [2.75, 3.05) is 6.61 Å². The maximum atomic E-state index is 12.9. The molecule has 0 radical (unpaired) electrons. The van der Waals surface area contributed by atoms with Gasteiger partial charge in [0.25, 0.3) is 0 Å². The van der Waals surface area contributed by atoms with Crippen LogP contribution in [0, 0.1) is 5.82 Å². The van der Waals surface area contributed by atoms with Gasteiger partial charge in [-0.05, 0) is 37.6 Å². The monoisotopic (exact) mass is 273 g/mol. The lowest BCUT2D eigenvalue weighted by Gasteiger charge is -2.16. The molecule has 3 heteroatoms. The van der Waals surface area contributed by atoms with Crippen molar-refractivity contribution in [1.82, 2.24) is 5.32 Å². The molecule has 2 aromatic rings. The van der Waals surface area contributed by atoms with Crippen LogP contribution in [-0.2, 0) is 6.54 Å². The van der Waals surface area contributed by atoms with Gasteiger partial charge in [-0.1, -0.05) is 30.3 Å². The van der Waals surface area contributed by atoms with Crippen LogP contribution in [0.15, 0.2) is 48.5 Å². The molecule has 0 saturated carbocycles. The Kier molecular flexibility index (Phi) is 5.13. The molecule has 0 amide bonds. The van der Waals surface area contributed by atoms with Crippen LogP contribution in [-0.4, -0.2) is 6.61 Å². The van der Waals surface area contributed by atoms with E-state index >= 15 is 0 Å². The zero-order valence-electron chi connectivity index (χ0n) is 11.9. The van der Waals surface area contributed by atoms with Crippen LogP contribution in [0.25, 0.3) is 0 Å². The van der Waals surface area contributed by atoms with Crippen molar-refractivity contribution in [2.24, 2.45) is 0 Å². The zero-order chi connectivity index (χ0) is 14.4. The smallest absolute Gasteiger partial charge is 0.123 e. The number of para-hydroxylation sites is 1. The highest BCUT2D eigenvalue weighted by atomic mass is 19.1. The van der Waals surface area contributed by atoms with Crippen molar-refractivity contribution < 1.29 is 9.13 Å². The van der Waals surface area contributed by atoms with E-state index in [2.05, 4.69) is 18.3 Å². The summed E-state index contributed by atoms with van der Waals surface area (Å²) in [5, 5.41) is 3.43. The summed E-state index contributed by atoms with van der Waals surface area (Å²) in [4.78, 5) is 0. The maximum absolute atomic E-state index is 12.9. The van der Waals surface area contributed by atoms with Crippen LogP contribution in [0.2, 0.25) is 0 Å². The van der Waals surface area contributed by atoms with E-state index in [1.54, 1.807) is 12.1 Å². The minimum absolute atomic E-state index is 0.158. The van der Waals surface area contributed by atoms with Crippen molar-refractivity contribution in [3.8, 4) is 5.75 Å². The highest BCUT2D eigenvalue weighted by Gasteiger charge is 2.07. The van der Waals surface area contributed by atoms with E-state index in [1.165, 1.54) is 12.1 Å². The third kappa shape index (κ3) is 3.81. The minimum atomic E-state index is -0.206. The van der Waals surface area contributed by atoms with Crippen molar-refractivity contribution >= 4 is 0 Å². The molecular formula is C17H20FNO. The molecule has 0 unspecified atom stereocenters. The number of hydrogen-bond donors (Lipinski definition) is 1. The first-order chi connectivity index (χ1) is 9.70. The lowest BCUT2D eigenvalue weighted by atomic mass is 10.1. The van der Waals surface area contributed by atoms with Gasteiger partial charge in [0.1, 0.15) is 11.6 Å². The normalized spacial score (nSPS) is 12.2. The molecule has 2 rings (SSSR count). The van der Waals surface area contributed by atoms with E-state index in [1.807, 2.05) is 25.1 Å². The second kappa shape index (κ2) is 7.06. The van der Waals surface area contributed by atoms with E-state index in [9.17, 15) is 4.39 Å². The van der Waals surface area contributed by atoms with Gasteiger partial charge < -0.3 is 10.1 Å². The summed E-state index contributed by atoms with van der Waals surface area (Å²) in [6, 6.07) is 14.7. The first kappa shape index (κ1) is 14.5. The molecule has 0 fully saturated rings. The zero-order valence-corrected chi connectivity index (χ0v) is 11.9. The number of ether oxygens (including phenoxy) is 1. The van der Waals surface area contributed by atoms with Crippen LogP contribution < -0.4 is 10.1 Å². The summed E-state index contributed by atoms with van der Waals surface area (Å²) in [6.45, 7) is 5.42. The third-order valence-corrected chi connectivity index (χ3v) is 3.24. The third-order valence-electron chi connectivity index (χ3n) is 3.24. The fraction of sp³-hybridized carbons (Fsp3) is 0.294. The lowest BCUT2D eigenvalue weighted by molar-refractivity contribution is 0.335. The lowest BCUT2D eigenvalue weighted by Crippen LogP contribution is -2.18. The van der Waals surface area contributed by atoms with Crippen molar-refractivity contribution in [3.63, 3.8) is 0 Å². The predicted octanol–water partition coefficient (Wildman–Crippen LogP) is 4.08. The van der Waals surface area contributed by atoms with E-state index in [-0.39, 0.29) is 11.9 Å². The first-order valence-electron chi connectivity index (χ1n) is 6.90. The Morgan fingerprint density at radius 2 is 1.80 bits per heavy atom. The van der Waals surface area contributed by atoms with Gasteiger partial charge in [-0.15, -0.1) is 0 Å². The Bertz CT molecular complexity index is 539. The second-order valence-electron chi connectivity index (χ2n) is 4.69. The molecule has 0 heterocycles. The summed E-state index contributed by atoms with van der Waals surface area (Å²) in [6.07, 6.45) is 0. The first-order valence-corrected chi connectivity index (χ1v) is 6.90. The van der Waals surface area contributed by atoms with Crippen LogP contribution in [0.3, 0.4) is 0 Å². The molecule has 0 bridgehead atoms. The maximum Gasteiger partial charge on any atom is 0.123 e. The van der Waals surface area contributed by atoms with Crippen molar-refractivity contribution in [3.05, 3.63) is 65.5 Å². The fourth-order valence-corrected chi connectivity index (χ4v) is 2.08. The predicted molar refractivity (Wildman–Crippen MR) is 79.3 cm³/mol. The number of benzene rings is 2. The van der Waals surface area contributed by atoms with Gasteiger partial charge in [-0.25, -0.2) is 4.39 Å². The standard InChI is InChI=1S/C17H20FNO/c1-3-20-17-7-5-4-6-15(17)12-19-13(2)14-8-10-16(18)11-9-14/h4-11,13,19H,3,12H2,1-2H3/t13-/m0/s1. The van der Waals surface area contributed by atoms with Crippen LogP contribution in [0.1, 0.15) is 31.0 Å². The molecule has 2 aromatic carbocycles. The Morgan fingerprint density at radius 1 is 1.10 bits per heavy atom. The van der Waals surface area contributed by atoms with Gasteiger partial charge in [0.2, 0.25) is 0 Å². The minimum Gasteiger partial charge on any atom is -0.494 e. The molecule has 0 aliphatic carbocycles.